The Kier molecular flexibility index (Phi) is 4.64. The second kappa shape index (κ2) is 5.87. The Balaban J connectivity index is 1.75. The summed E-state index contributed by atoms with van der Waals surface area (Å²) in [6.07, 6.45) is 1.55. The van der Waals surface area contributed by atoms with Gasteiger partial charge in [0.1, 0.15) is 0 Å². The molecule has 4 atom stereocenters. The molecule has 1 aliphatic carbocycles. The molecule has 2 N–H and O–H groups in total. The summed E-state index contributed by atoms with van der Waals surface area (Å²) in [7, 11) is 2.02. The zero-order chi connectivity index (χ0) is 13.2. The first kappa shape index (κ1) is 14.3. The molecule has 4 heteroatoms. The van der Waals surface area contributed by atoms with Gasteiger partial charge in [0.2, 0.25) is 0 Å². The molecule has 18 heavy (non-hydrogen) atoms. The largest absolute Gasteiger partial charge is 0.379 e. The summed E-state index contributed by atoms with van der Waals surface area (Å²) in [5, 5.41) is 7.04. The fourth-order valence-corrected chi connectivity index (χ4v) is 3.13. The molecule has 1 heterocycles. The van der Waals surface area contributed by atoms with Crippen LogP contribution in [-0.4, -0.2) is 51.6 Å². The van der Waals surface area contributed by atoms with Gasteiger partial charge in [0.15, 0.2) is 0 Å². The Hall–Kier alpha value is -0.160. The van der Waals surface area contributed by atoms with E-state index in [1.165, 1.54) is 0 Å². The van der Waals surface area contributed by atoms with Gasteiger partial charge in [-0.05, 0) is 20.4 Å². The van der Waals surface area contributed by atoms with Gasteiger partial charge in [-0.15, -0.1) is 0 Å². The highest BCUT2D eigenvalue weighted by Crippen LogP contribution is 2.42. The van der Waals surface area contributed by atoms with E-state index in [2.05, 4.69) is 31.4 Å². The lowest BCUT2D eigenvalue weighted by molar-refractivity contribution is -0.114. The van der Waals surface area contributed by atoms with Gasteiger partial charge in [0.05, 0.1) is 19.3 Å². The number of nitrogens with one attached hydrogen (secondary N) is 2. The van der Waals surface area contributed by atoms with E-state index in [0.717, 1.165) is 32.8 Å². The van der Waals surface area contributed by atoms with Gasteiger partial charge in [0.25, 0.3) is 0 Å². The third-order valence-corrected chi connectivity index (χ3v) is 4.74. The SMILES string of the molecule is CCOC1CC(NCC2COCC2NC)C1(C)C. The van der Waals surface area contributed by atoms with Crippen LogP contribution in [0.25, 0.3) is 0 Å². The lowest BCUT2D eigenvalue weighted by atomic mass is 9.64. The van der Waals surface area contributed by atoms with Crippen molar-refractivity contribution in [1.82, 2.24) is 10.6 Å². The first-order valence-electron chi connectivity index (χ1n) is 7.19. The molecule has 0 spiro atoms. The van der Waals surface area contributed by atoms with Gasteiger partial charge < -0.3 is 20.1 Å². The number of hydrogen-bond acceptors (Lipinski definition) is 4. The fourth-order valence-electron chi connectivity index (χ4n) is 3.13. The lowest BCUT2D eigenvalue weighted by Crippen LogP contribution is -2.62. The van der Waals surface area contributed by atoms with E-state index in [1.807, 2.05) is 7.05 Å². The topological polar surface area (TPSA) is 42.5 Å². The van der Waals surface area contributed by atoms with E-state index in [9.17, 15) is 0 Å². The van der Waals surface area contributed by atoms with Crippen LogP contribution in [0, 0.1) is 11.3 Å². The van der Waals surface area contributed by atoms with Crippen molar-refractivity contribution in [2.45, 2.75) is 45.4 Å². The maximum absolute atomic E-state index is 5.76. The molecule has 4 nitrogen and oxygen atoms in total. The van der Waals surface area contributed by atoms with Crippen LogP contribution in [0.2, 0.25) is 0 Å². The Bertz CT molecular complexity index is 271. The van der Waals surface area contributed by atoms with Gasteiger partial charge in [-0.3, -0.25) is 0 Å². The zero-order valence-electron chi connectivity index (χ0n) is 12.2. The molecular formula is C14H28N2O2. The molecule has 0 bridgehead atoms. The maximum atomic E-state index is 5.76. The van der Waals surface area contributed by atoms with Crippen molar-refractivity contribution in [3.05, 3.63) is 0 Å². The number of rotatable bonds is 6. The van der Waals surface area contributed by atoms with Crippen molar-refractivity contribution < 1.29 is 9.47 Å². The Morgan fingerprint density at radius 1 is 1.33 bits per heavy atom. The van der Waals surface area contributed by atoms with Gasteiger partial charge >= 0.3 is 0 Å². The fraction of sp³-hybridized carbons (Fsp3) is 1.00. The second-order valence-corrected chi connectivity index (χ2v) is 6.15. The summed E-state index contributed by atoms with van der Waals surface area (Å²) in [5.74, 6) is 0.594. The van der Waals surface area contributed by atoms with Crippen LogP contribution in [0.5, 0.6) is 0 Å². The van der Waals surface area contributed by atoms with Gasteiger partial charge in [0, 0.05) is 36.6 Å². The highest BCUT2D eigenvalue weighted by Gasteiger charge is 2.48. The minimum Gasteiger partial charge on any atom is -0.379 e. The molecule has 1 saturated carbocycles. The second-order valence-electron chi connectivity index (χ2n) is 6.15. The standard InChI is InChI=1S/C14H28N2O2/c1-5-18-13-6-12(14(13,2)3)16-7-10-8-17-9-11(10)15-4/h10-13,15-16H,5-9H2,1-4H3. The van der Waals surface area contributed by atoms with Crippen molar-refractivity contribution in [1.29, 1.82) is 0 Å². The molecule has 0 aromatic carbocycles. The van der Waals surface area contributed by atoms with Crippen LogP contribution in [0.3, 0.4) is 0 Å². The van der Waals surface area contributed by atoms with E-state index in [-0.39, 0.29) is 5.41 Å². The summed E-state index contributed by atoms with van der Waals surface area (Å²) >= 11 is 0. The summed E-state index contributed by atoms with van der Waals surface area (Å²) in [6.45, 7) is 10.3. The maximum Gasteiger partial charge on any atom is 0.0655 e. The third kappa shape index (κ3) is 2.72. The summed E-state index contributed by atoms with van der Waals surface area (Å²) in [6, 6.07) is 1.08. The van der Waals surface area contributed by atoms with Crippen molar-refractivity contribution in [3.63, 3.8) is 0 Å². The summed E-state index contributed by atoms with van der Waals surface area (Å²) in [5.41, 5.74) is 0.255. The highest BCUT2D eigenvalue weighted by molar-refractivity contribution is 5.03. The minimum atomic E-state index is 0.255. The molecular weight excluding hydrogens is 228 g/mol. The van der Waals surface area contributed by atoms with Crippen molar-refractivity contribution >= 4 is 0 Å². The molecule has 1 aliphatic heterocycles. The van der Waals surface area contributed by atoms with Gasteiger partial charge in [-0.1, -0.05) is 13.8 Å². The van der Waals surface area contributed by atoms with Crippen LogP contribution >= 0.6 is 0 Å². The van der Waals surface area contributed by atoms with Crippen LogP contribution in [0.4, 0.5) is 0 Å². The molecule has 1 saturated heterocycles. The third-order valence-electron chi connectivity index (χ3n) is 4.74. The van der Waals surface area contributed by atoms with E-state index in [4.69, 9.17) is 9.47 Å². The average molecular weight is 256 g/mol. The van der Waals surface area contributed by atoms with Crippen LogP contribution in [0.15, 0.2) is 0 Å². The number of hydrogen-bond donors (Lipinski definition) is 2. The molecule has 0 aromatic heterocycles. The Morgan fingerprint density at radius 2 is 2.11 bits per heavy atom. The molecule has 0 aromatic rings. The molecule has 0 radical (unpaired) electrons. The minimum absolute atomic E-state index is 0.255. The summed E-state index contributed by atoms with van der Waals surface area (Å²) < 4.78 is 11.3. The first-order chi connectivity index (χ1) is 8.59. The van der Waals surface area contributed by atoms with Gasteiger partial charge in [-0.2, -0.15) is 0 Å². The van der Waals surface area contributed by atoms with E-state index >= 15 is 0 Å². The highest BCUT2D eigenvalue weighted by atomic mass is 16.5. The van der Waals surface area contributed by atoms with Crippen LogP contribution < -0.4 is 10.6 Å². The van der Waals surface area contributed by atoms with Crippen molar-refractivity contribution in [2.24, 2.45) is 11.3 Å². The normalized spacial score (nSPS) is 38.7. The lowest BCUT2D eigenvalue weighted by Gasteiger charge is -2.52. The van der Waals surface area contributed by atoms with Crippen LogP contribution in [-0.2, 0) is 9.47 Å². The van der Waals surface area contributed by atoms with E-state index < -0.39 is 0 Å². The smallest absolute Gasteiger partial charge is 0.0655 e. The monoisotopic (exact) mass is 256 g/mol. The molecule has 4 unspecified atom stereocenters. The Labute approximate surface area is 111 Å². The molecule has 2 rings (SSSR count). The first-order valence-corrected chi connectivity index (χ1v) is 7.19. The summed E-state index contributed by atoms with van der Waals surface area (Å²) in [4.78, 5) is 0. The number of likely N-dealkylation sites (N-methyl/N-ethyl adjacent to an activating group) is 1. The number of ether oxygens (including phenoxy) is 2. The zero-order valence-corrected chi connectivity index (χ0v) is 12.2. The van der Waals surface area contributed by atoms with Gasteiger partial charge in [-0.25, -0.2) is 0 Å². The molecule has 2 fully saturated rings. The average Bonchev–Trinajstić information content (AvgIpc) is 2.80. The predicted molar refractivity (Wildman–Crippen MR) is 72.8 cm³/mol. The Morgan fingerprint density at radius 3 is 2.72 bits per heavy atom. The quantitative estimate of drug-likeness (QED) is 0.744. The van der Waals surface area contributed by atoms with E-state index in [1.54, 1.807) is 0 Å². The van der Waals surface area contributed by atoms with Crippen molar-refractivity contribution in [3.8, 4) is 0 Å². The predicted octanol–water partition coefficient (Wildman–Crippen LogP) is 1.01. The molecule has 2 aliphatic rings. The van der Waals surface area contributed by atoms with E-state index in [0.29, 0.717) is 24.1 Å². The molecule has 106 valence electrons. The van der Waals surface area contributed by atoms with Crippen LogP contribution in [0.1, 0.15) is 27.2 Å². The molecule has 0 amide bonds. The van der Waals surface area contributed by atoms with Crippen molar-refractivity contribution in [2.75, 3.05) is 33.4 Å².